The van der Waals surface area contributed by atoms with Gasteiger partial charge in [-0.25, -0.2) is 4.79 Å². The second-order valence-electron chi connectivity index (χ2n) is 7.69. The molecule has 7 nitrogen and oxygen atoms in total. The molecule has 0 spiro atoms. The summed E-state index contributed by atoms with van der Waals surface area (Å²) >= 11 is 0. The van der Waals surface area contributed by atoms with Gasteiger partial charge in [-0.05, 0) is 55.9 Å². The topological polar surface area (TPSA) is 65.0 Å². The Hall–Kier alpha value is -2.54. The molecule has 2 aliphatic rings. The van der Waals surface area contributed by atoms with Gasteiger partial charge in [0.05, 0.1) is 32.1 Å². The molecule has 0 saturated carbocycles. The molecule has 158 valence electrons. The maximum atomic E-state index is 12.5. The Balaban J connectivity index is 1.87. The van der Waals surface area contributed by atoms with E-state index in [-0.39, 0.29) is 5.97 Å². The van der Waals surface area contributed by atoms with Crippen molar-refractivity contribution in [2.75, 3.05) is 57.3 Å². The summed E-state index contributed by atoms with van der Waals surface area (Å²) in [5.41, 5.74) is 5.67. The molecule has 1 aromatic rings. The Morgan fingerprint density at radius 2 is 1.90 bits per heavy atom. The first-order chi connectivity index (χ1) is 14.0. The minimum Gasteiger partial charge on any atom is -0.461 e. The van der Waals surface area contributed by atoms with Crippen LogP contribution in [-0.2, 0) is 22.4 Å². The fraction of sp³-hybridized carbons (Fsp3) is 0.545. The highest BCUT2D eigenvalue weighted by Crippen LogP contribution is 2.38. The molecule has 0 aromatic heterocycles. The molecule has 2 N–H and O–H groups in total. The fourth-order valence-electron chi connectivity index (χ4n) is 4.08. The molecule has 29 heavy (non-hydrogen) atoms. The first-order valence-corrected chi connectivity index (χ1v) is 10.6. The van der Waals surface area contributed by atoms with Crippen molar-refractivity contribution in [1.82, 2.24) is 4.90 Å². The van der Waals surface area contributed by atoms with Gasteiger partial charge in [0.25, 0.3) is 0 Å². The van der Waals surface area contributed by atoms with E-state index in [9.17, 15) is 4.79 Å². The number of benzene rings is 1. The Kier molecular flexibility index (Phi) is 7.14. The van der Waals surface area contributed by atoms with Crippen LogP contribution < -0.4 is 15.2 Å². The lowest BCUT2D eigenvalue weighted by Crippen LogP contribution is -2.72. The number of nitrogens with zero attached hydrogens (tertiary/aromatic N) is 4. The van der Waals surface area contributed by atoms with E-state index in [2.05, 4.69) is 22.1 Å². The summed E-state index contributed by atoms with van der Waals surface area (Å²) in [7, 11) is 5.79. The molecule has 0 aliphatic carbocycles. The van der Waals surface area contributed by atoms with Crippen LogP contribution in [0.15, 0.2) is 29.6 Å². The number of hydrogen-bond donors (Lipinski definition) is 1. The number of carbonyl (C=O) groups is 1. The summed E-state index contributed by atoms with van der Waals surface area (Å²) in [5, 5.41) is 8.42. The molecule has 0 radical (unpaired) electrons. The van der Waals surface area contributed by atoms with Gasteiger partial charge in [-0.15, -0.1) is 0 Å². The Labute approximate surface area is 174 Å². The molecule has 0 unspecified atom stereocenters. The van der Waals surface area contributed by atoms with Crippen molar-refractivity contribution in [3.8, 4) is 0 Å². The molecule has 7 heteroatoms. The highest BCUT2D eigenvalue weighted by molar-refractivity contribution is 6.37. The van der Waals surface area contributed by atoms with E-state index >= 15 is 0 Å². The van der Waals surface area contributed by atoms with E-state index in [0.29, 0.717) is 18.9 Å². The summed E-state index contributed by atoms with van der Waals surface area (Å²) in [6.45, 7) is 4.86. The number of hydrazone groups is 1. The van der Waals surface area contributed by atoms with Crippen molar-refractivity contribution in [2.24, 2.45) is 5.10 Å². The number of quaternary nitrogens is 1. The van der Waals surface area contributed by atoms with Crippen LogP contribution >= 0.6 is 0 Å². The minimum absolute atomic E-state index is 0.336. The van der Waals surface area contributed by atoms with Crippen LogP contribution in [0.3, 0.4) is 0 Å². The molecule has 0 fully saturated rings. The average Bonchev–Trinajstić information content (AvgIpc) is 2.72. The number of nitrogens with two attached hydrogens (primary N) is 1. The van der Waals surface area contributed by atoms with E-state index in [1.807, 2.05) is 55.7 Å². The summed E-state index contributed by atoms with van der Waals surface area (Å²) in [6, 6.07) is 4.47. The smallest absolute Gasteiger partial charge is 0.356 e. The van der Waals surface area contributed by atoms with Gasteiger partial charge < -0.3 is 19.9 Å². The zero-order valence-electron chi connectivity index (χ0n) is 18.1. The second kappa shape index (κ2) is 9.78. The third kappa shape index (κ3) is 5.09. The van der Waals surface area contributed by atoms with Crippen LogP contribution in [-0.4, -0.2) is 64.0 Å². The highest BCUT2D eigenvalue weighted by Gasteiger charge is 2.25. The lowest BCUT2D eigenvalue weighted by Gasteiger charge is -2.37. The quantitative estimate of drug-likeness (QED) is 0.405. The molecule has 0 atom stereocenters. The maximum absolute atomic E-state index is 12.5. The Morgan fingerprint density at radius 3 is 2.48 bits per heavy atom. The monoisotopic (exact) mass is 400 g/mol. The van der Waals surface area contributed by atoms with Crippen molar-refractivity contribution < 1.29 is 14.8 Å². The van der Waals surface area contributed by atoms with Gasteiger partial charge in [0, 0.05) is 32.9 Å². The standard InChI is InChI=1S/C22H33N5O2/c1-5-29-22(28)20(16-25(3)13-10-23-2)24-26(4)19-14-17-8-6-11-27-12-7-9-18(15-19)21(17)27/h10,13-15,23H,5-9,11-12,16H2,1-4H3/p+1/b13-10-,24-20-. The van der Waals surface area contributed by atoms with E-state index < -0.39 is 0 Å². The van der Waals surface area contributed by atoms with Gasteiger partial charge in [0.15, 0.2) is 5.71 Å². The molecule has 0 amide bonds. The second-order valence-corrected chi connectivity index (χ2v) is 7.69. The normalized spacial score (nSPS) is 16.0. The van der Waals surface area contributed by atoms with E-state index in [1.165, 1.54) is 29.7 Å². The fourth-order valence-corrected chi connectivity index (χ4v) is 4.08. The van der Waals surface area contributed by atoms with Crippen LogP contribution in [0.4, 0.5) is 11.4 Å². The van der Waals surface area contributed by atoms with Gasteiger partial charge in [-0.3, -0.25) is 5.01 Å². The number of esters is 1. The zero-order chi connectivity index (χ0) is 20.8. The third-order valence-corrected chi connectivity index (χ3v) is 5.40. The van der Waals surface area contributed by atoms with E-state index in [0.717, 1.165) is 31.6 Å². The Bertz CT molecular complexity index is 758. The number of hydrogen-bond acceptors (Lipinski definition) is 6. The van der Waals surface area contributed by atoms with Gasteiger partial charge in [-0.2, -0.15) is 5.10 Å². The molecular weight excluding hydrogens is 366 g/mol. The highest BCUT2D eigenvalue weighted by atomic mass is 16.5. The van der Waals surface area contributed by atoms with Crippen LogP contribution in [0.2, 0.25) is 0 Å². The molecule has 2 aliphatic heterocycles. The molecule has 1 aromatic carbocycles. The number of carbonyl (C=O) groups excluding carboxylic acids is 1. The number of ether oxygens (including phenoxy) is 1. The van der Waals surface area contributed by atoms with Crippen molar-refractivity contribution >= 4 is 23.1 Å². The first-order valence-electron chi connectivity index (χ1n) is 10.6. The Morgan fingerprint density at radius 1 is 1.24 bits per heavy atom. The summed E-state index contributed by atoms with van der Waals surface area (Å²) in [6.07, 6.45) is 8.47. The van der Waals surface area contributed by atoms with Gasteiger partial charge in [0.1, 0.15) is 6.20 Å². The lowest BCUT2D eigenvalue weighted by molar-refractivity contribution is -0.557. The lowest BCUT2D eigenvalue weighted by atomic mass is 9.91. The molecule has 3 rings (SSSR count). The van der Waals surface area contributed by atoms with Crippen LogP contribution in [0.1, 0.15) is 30.9 Å². The van der Waals surface area contributed by atoms with Crippen molar-refractivity contribution in [3.05, 3.63) is 35.7 Å². The largest absolute Gasteiger partial charge is 0.461 e. The van der Waals surface area contributed by atoms with Gasteiger partial charge >= 0.3 is 5.97 Å². The summed E-state index contributed by atoms with van der Waals surface area (Å²) in [5.74, 6) is -0.370. The number of anilines is 2. The number of aryl methyl sites for hydroxylation is 2. The SMILES string of the molecule is CCOC(=O)/C(CN(C)/C=C\[NH2+]C)=N\N(C)c1cc2c3c(c1)CCCN3CCC2. The van der Waals surface area contributed by atoms with Crippen molar-refractivity contribution in [2.45, 2.75) is 32.6 Å². The van der Waals surface area contributed by atoms with Crippen LogP contribution in [0, 0.1) is 0 Å². The van der Waals surface area contributed by atoms with Gasteiger partial charge in [-0.1, -0.05) is 0 Å². The first kappa shape index (κ1) is 21.2. The predicted molar refractivity (Wildman–Crippen MR) is 117 cm³/mol. The third-order valence-electron chi connectivity index (χ3n) is 5.40. The molecular formula is C22H34N5O2+. The van der Waals surface area contributed by atoms with Gasteiger partial charge in [0.2, 0.25) is 0 Å². The predicted octanol–water partition coefficient (Wildman–Crippen LogP) is 1.34. The summed E-state index contributed by atoms with van der Waals surface area (Å²) < 4.78 is 5.24. The minimum atomic E-state index is -0.370. The van der Waals surface area contributed by atoms with Crippen molar-refractivity contribution in [1.29, 1.82) is 0 Å². The molecule has 2 heterocycles. The van der Waals surface area contributed by atoms with Crippen LogP contribution in [0.5, 0.6) is 0 Å². The zero-order valence-corrected chi connectivity index (χ0v) is 18.1. The maximum Gasteiger partial charge on any atom is 0.356 e. The summed E-state index contributed by atoms with van der Waals surface area (Å²) in [4.78, 5) is 16.9. The molecule has 0 bridgehead atoms. The number of rotatable bonds is 8. The van der Waals surface area contributed by atoms with Crippen LogP contribution in [0.25, 0.3) is 0 Å². The molecule has 0 saturated heterocycles. The van der Waals surface area contributed by atoms with E-state index in [1.54, 1.807) is 0 Å². The average molecular weight is 401 g/mol. The van der Waals surface area contributed by atoms with Crippen molar-refractivity contribution in [3.63, 3.8) is 0 Å². The van der Waals surface area contributed by atoms with E-state index in [4.69, 9.17) is 4.74 Å².